The van der Waals surface area contributed by atoms with Gasteiger partial charge < -0.3 is 14.2 Å². The van der Waals surface area contributed by atoms with E-state index in [4.69, 9.17) is 9.47 Å². The maximum Gasteiger partial charge on any atom is 0.337 e. The SMILES string of the molecule is COC(=O)c1ccc(/C=C2\Oc3cc(OC)ccc3C2=O)cc1. The van der Waals surface area contributed by atoms with Crippen LogP contribution in [0.25, 0.3) is 6.08 Å². The smallest absolute Gasteiger partial charge is 0.337 e. The van der Waals surface area contributed by atoms with Gasteiger partial charge in [-0.2, -0.15) is 0 Å². The number of ether oxygens (including phenoxy) is 3. The minimum Gasteiger partial charge on any atom is -0.497 e. The van der Waals surface area contributed by atoms with E-state index >= 15 is 0 Å². The van der Waals surface area contributed by atoms with Gasteiger partial charge in [0.1, 0.15) is 11.5 Å². The number of benzene rings is 2. The number of esters is 1. The molecule has 23 heavy (non-hydrogen) atoms. The third kappa shape index (κ3) is 2.81. The van der Waals surface area contributed by atoms with E-state index in [1.54, 1.807) is 55.7 Å². The lowest BCUT2D eigenvalue weighted by Crippen LogP contribution is -2.01. The molecule has 0 amide bonds. The summed E-state index contributed by atoms with van der Waals surface area (Å²) in [5, 5.41) is 0. The third-order valence-electron chi connectivity index (χ3n) is 3.51. The Kier molecular flexibility index (Phi) is 3.85. The Morgan fingerprint density at radius 3 is 2.48 bits per heavy atom. The summed E-state index contributed by atoms with van der Waals surface area (Å²) in [4.78, 5) is 23.7. The number of ketones is 1. The number of methoxy groups -OCH3 is 2. The maximum atomic E-state index is 12.3. The van der Waals surface area contributed by atoms with E-state index in [-0.39, 0.29) is 11.5 Å². The van der Waals surface area contributed by atoms with Gasteiger partial charge in [0.2, 0.25) is 5.78 Å². The molecule has 0 N–H and O–H groups in total. The second kappa shape index (κ2) is 5.96. The van der Waals surface area contributed by atoms with Crippen LogP contribution in [0.4, 0.5) is 0 Å². The number of fused-ring (bicyclic) bond motifs is 1. The van der Waals surface area contributed by atoms with E-state index in [0.717, 1.165) is 5.56 Å². The van der Waals surface area contributed by atoms with Gasteiger partial charge in [0.05, 0.1) is 25.3 Å². The van der Waals surface area contributed by atoms with Gasteiger partial charge in [-0.25, -0.2) is 4.79 Å². The summed E-state index contributed by atoms with van der Waals surface area (Å²) >= 11 is 0. The number of Topliss-reactive ketones (excluding diaryl/α,β-unsaturated/α-hetero) is 1. The van der Waals surface area contributed by atoms with Crippen LogP contribution in [-0.2, 0) is 4.74 Å². The molecule has 1 heterocycles. The molecule has 2 aromatic carbocycles. The standard InChI is InChI=1S/C18H14O5/c1-21-13-7-8-14-15(10-13)23-16(17(14)19)9-11-3-5-12(6-4-11)18(20)22-2/h3-10H,1-2H3/b16-9-. The summed E-state index contributed by atoms with van der Waals surface area (Å²) < 4.78 is 15.4. The van der Waals surface area contributed by atoms with Crippen molar-refractivity contribution in [3.63, 3.8) is 0 Å². The largest absolute Gasteiger partial charge is 0.497 e. The lowest BCUT2D eigenvalue weighted by Gasteiger charge is -2.02. The monoisotopic (exact) mass is 310 g/mol. The van der Waals surface area contributed by atoms with Crippen molar-refractivity contribution in [2.24, 2.45) is 0 Å². The van der Waals surface area contributed by atoms with Gasteiger partial charge in [0.15, 0.2) is 5.76 Å². The molecule has 0 unspecified atom stereocenters. The number of hydrogen-bond donors (Lipinski definition) is 0. The summed E-state index contributed by atoms with van der Waals surface area (Å²) in [6.07, 6.45) is 1.63. The van der Waals surface area contributed by atoms with Crippen LogP contribution in [0.2, 0.25) is 0 Å². The van der Waals surface area contributed by atoms with Crippen LogP contribution in [0.15, 0.2) is 48.2 Å². The third-order valence-corrected chi connectivity index (χ3v) is 3.51. The molecule has 0 saturated heterocycles. The summed E-state index contributed by atoms with van der Waals surface area (Å²) in [5.41, 5.74) is 1.70. The van der Waals surface area contributed by atoms with Gasteiger partial charge in [0.25, 0.3) is 0 Å². The minimum absolute atomic E-state index is 0.181. The van der Waals surface area contributed by atoms with Gasteiger partial charge in [-0.3, -0.25) is 4.79 Å². The van der Waals surface area contributed by atoms with Gasteiger partial charge in [-0.05, 0) is 35.9 Å². The summed E-state index contributed by atoms with van der Waals surface area (Å²) in [5.74, 6) is 0.752. The van der Waals surface area contributed by atoms with Gasteiger partial charge in [0, 0.05) is 6.07 Å². The van der Waals surface area contributed by atoms with Crippen molar-refractivity contribution >= 4 is 17.8 Å². The molecule has 5 nitrogen and oxygen atoms in total. The second-order valence-corrected chi connectivity index (χ2v) is 4.92. The van der Waals surface area contributed by atoms with E-state index in [9.17, 15) is 9.59 Å². The molecule has 0 radical (unpaired) electrons. The van der Waals surface area contributed by atoms with Crippen molar-refractivity contribution in [1.82, 2.24) is 0 Å². The fourth-order valence-corrected chi connectivity index (χ4v) is 2.28. The lowest BCUT2D eigenvalue weighted by atomic mass is 10.1. The fourth-order valence-electron chi connectivity index (χ4n) is 2.28. The molecule has 116 valence electrons. The predicted octanol–water partition coefficient (Wildman–Crippen LogP) is 3.10. The molecule has 0 bridgehead atoms. The zero-order valence-electron chi connectivity index (χ0n) is 12.7. The Morgan fingerprint density at radius 2 is 1.83 bits per heavy atom. The number of rotatable bonds is 3. The van der Waals surface area contributed by atoms with Crippen LogP contribution in [0.5, 0.6) is 11.5 Å². The van der Waals surface area contributed by atoms with E-state index in [0.29, 0.717) is 22.6 Å². The van der Waals surface area contributed by atoms with Crippen molar-refractivity contribution in [2.45, 2.75) is 0 Å². The average Bonchev–Trinajstić information content (AvgIpc) is 2.90. The van der Waals surface area contributed by atoms with Gasteiger partial charge in [-0.1, -0.05) is 12.1 Å². The molecule has 0 saturated carbocycles. The summed E-state index contributed by atoms with van der Waals surface area (Å²) in [6, 6.07) is 11.8. The zero-order chi connectivity index (χ0) is 16.4. The Balaban J connectivity index is 1.87. The number of hydrogen-bond acceptors (Lipinski definition) is 5. The highest BCUT2D eigenvalue weighted by atomic mass is 16.5. The molecule has 0 aromatic heterocycles. The van der Waals surface area contributed by atoms with Crippen LogP contribution in [0.3, 0.4) is 0 Å². The van der Waals surface area contributed by atoms with E-state index in [2.05, 4.69) is 4.74 Å². The van der Waals surface area contributed by atoms with Crippen molar-refractivity contribution in [2.75, 3.05) is 14.2 Å². The maximum absolute atomic E-state index is 12.3. The molecule has 0 atom stereocenters. The molecular weight excluding hydrogens is 296 g/mol. The van der Waals surface area contributed by atoms with Crippen LogP contribution >= 0.6 is 0 Å². The molecule has 5 heteroatoms. The topological polar surface area (TPSA) is 61.8 Å². The second-order valence-electron chi connectivity index (χ2n) is 4.92. The molecule has 1 aliphatic heterocycles. The first-order valence-corrected chi connectivity index (χ1v) is 6.93. The Labute approximate surface area is 133 Å². The van der Waals surface area contributed by atoms with Gasteiger partial charge >= 0.3 is 5.97 Å². The molecule has 0 spiro atoms. The predicted molar refractivity (Wildman–Crippen MR) is 83.7 cm³/mol. The molecule has 0 aliphatic carbocycles. The number of carbonyl (C=O) groups is 2. The summed E-state index contributed by atoms with van der Waals surface area (Å²) in [6.45, 7) is 0. The first kappa shape index (κ1) is 14.8. The van der Waals surface area contributed by atoms with E-state index in [1.807, 2.05) is 0 Å². The Hall–Kier alpha value is -3.08. The lowest BCUT2D eigenvalue weighted by molar-refractivity contribution is 0.0600. The van der Waals surface area contributed by atoms with Crippen LogP contribution in [0, 0.1) is 0 Å². The molecule has 2 aromatic rings. The fraction of sp³-hybridized carbons (Fsp3) is 0.111. The normalized spacial score (nSPS) is 14.3. The Morgan fingerprint density at radius 1 is 1.09 bits per heavy atom. The summed E-state index contributed by atoms with van der Waals surface area (Å²) in [7, 11) is 2.88. The van der Waals surface area contributed by atoms with Crippen LogP contribution in [0.1, 0.15) is 26.3 Å². The molecule has 0 fully saturated rings. The van der Waals surface area contributed by atoms with Crippen molar-refractivity contribution in [3.05, 3.63) is 64.9 Å². The van der Waals surface area contributed by atoms with Crippen LogP contribution < -0.4 is 9.47 Å². The molecule has 3 rings (SSSR count). The van der Waals surface area contributed by atoms with E-state index in [1.165, 1.54) is 7.11 Å². The molecule has 1 aliphatic rings. The van der Waals surface area contributed by atoms with Gasteiger partial charge in [-0.15, -0.1) is 0 Å². The Bertz CT molecular complexity index is 803. The highest BCUT2D eigenvalue weighted by Crippen LogP contribution is 2.34. The number of allylic oxidation sites excluding steroid dienone is 1. The quantitative estimate of drug-likeness (QED) is 0.644. The minimum atomic E-state index is -0.406. The zero-order valence-corrected chi connectivity index (χ0v) is 12.7. The van der Waals surface area contributed by atoms with Crippen molar-refractivity contribution in [3.8, 4) is 11.5 Å². The highest BCUT2D eigenvalue weighted by molar-refractivity contribution is 6.14. The molecular formula is C18H14O5. The van der Waals surface area contributed by atoms with Crippen LogP contribution in [-0.4, -0.2) is 26.0 Å². The number of carbonyl (C=O) groups excluding carboxylic acids is 2. The first-order chi connectivity index (χ1) is 11.1. The van der Waals surface area contributed by atoms with E-state index < -0.39 is 5.97 Å². The highest BCUT2D eigenvalue weighted by Gasteiger charge is 2.27. The van der Waals surface area contributed by atoms with Crippen molar-refractivity contribution < 1.29 is 23.8 Å². The van der Waals surface area contributed by atoms with Crippen molar-refractivity contribution in [1.29, 1.82) is 0 Å². The average molecular weight is 310 g/mol. The first-order valence-electron chi connectivity index (χ1n) is 6.93.